The number of ether oxygens (including phenoxy) is 1. The molecule has 3 rings (SSSR count). The Bertz CT molecular complexity index is 1050. The Labute approximate surface area is 167 Å². The van der Waals surface area contributed by atoms with E-state index in [1.54, 1.807) is 24.7 Å². The SMILES string of the molecule is COc1c(Cl)c(NC(=O)c2cn(C)c3c(N)ncnc23)c(Cl)c(C)c1Br. The average molecular weight is 459 g/mol. The summed E-state index contributed by atoms with van der Waals surface area (Å²) >= 11 is 16.1. The smallest absolute Gasteiger partial charge is 0.259 e. The molecule has 0 aliphatic heterocycles. The maximum absolute atomic E-state index is 12.9. The first kappa shape index (κ1) is 18.8. The van der Waals surface area contributed by atoms with Gasteiger partial charge in [-0.15, -0.1) is 0 Å². The lowest BCUT2D eigenvalue weighted by molar-refractivity contribution is 0.102. The number of carbonyl (C=O) groups excluding carboxylic acids is 1. The molecule has 7 nitrogen and oxygen atoms in total. The van der Waals surface area contributed by atoms with E-state index in [1.165, 1.54) is 13.4 Å². The summed E-state index contributed by atoms with van der Waals surface area (Å²) in [5.41, 5.74) is 8.15. The van der Waals surface area contributed by atoms with Crippen LogP contribution >= 0.6 is 39.1 Å². The number of halogens is 3. The van der Waals surface area contributed by atoms with Crippen molar-refractivity contribution in [2.45, 2.75) is 6.92 Å². The highest BCUT2D eigenvalue weighted by molar-refractivity contribution is 9.10. The molecule has 0 spiro atoms. The van der Waals surface area contributed by atoms with Gasteiger partial charge in [0.25, 0.3) is 5.91 Å². The van der Waals surface area contributed by atoms with Crippen molar-refractivity contribution in [3.63, 3.8) is 0 Å². The molecule has 10 heteroatoms. The minimum Gasteiger partial charge on any atom is -0.494 e. The van der Waals surface area contributed by atoms with Crippen LogP contribution in [0, 0.1) is 6.92 Å². The number of carbonyl (C=O) groups is 1. The van der Waals surface area contributed by atoms with Crippen molar-refractivity contribution in [3.8, 4) is 5.75 Å². The number of hydrogen-bond acceptors (Lipinski definition) is 5. The number of benzene rings is 1. The van der Waals surface area contributed by atoms with E-state index in [0.29, 0.717) is 37.4 Å². The van der Waals surface area contributed by atoms with Gasteiger partial charge in [0.15, 0.2) is 11.6 Å². The van der Waals surface area contributed by atoms with Gasteiger partial charge in [-0.1, -0.05) is 23.2 Å². The number of nitrogens with one attached hydrogen (secondary N) is 1. The number of aryl methyl sites for hydroxylation is 1. The number of nitrogens with zero attached hydrogens (tertiary/aromatic N) is 3. The third kappa shape index (κ3) is 2.87. The molecule has 0 saturated heterocycles. The van der Waals surface area contributed by atoms with Crippen molar-refractivity contribution in [3.05, 3.63) is 38.2 Å². The van der Waals surface area contributed by atoms with Crippen LogP contribution in [0.5, 0.6) is 5.75 Å². The number of nitrogens with two attached hydrogens (primary N) is 1. The lowest BCUT2D eigenvalue weighted by Crippen LogP contribution is -2.13. The molecule has 0 saturated carbocycles. The molecule has 0 unspecified atom stereocenters. The molecule has 0 radical (unpaired) electrons. The highest BCUT2D eigenvalue weighted by atomic mass is 79.9. The summed E-state index contributed by atoms with van der Waals surface area (Å²) in [6, 6.07) is 0. The Morgan fingerprint density at radius 1 is 1.35 bits per heavy atom. The zero-order valence-electron chi connectivity index (χ0n) is 14.0. The van der Waals surface area contributed by atoms with Gasteiger partial charge >= 0.3 is 0 Å². The van der Waals surface area contributed by atoms with Gasteiger partial charge in [-0.25, -0.2) is 9.97 Å². The molecule has 2 aromatic heterocycles. The van der Waals surface area contributed by atoms with Crippen LogP contribution in [0.25, 0.3) is 11.0 Å². The highest BCUT2D eigenvalue weighted by Gasteiger charge is 2.23. The molecular weight excluding hydrogens is 445 g/mol. The number of rotatable bonds is 3. The van der Waals surface area contributed by atoms with Crippen LogP contribution < -0.4 is 15.8 Å². The summed E-state index contributed by atoms with van der Waals surface area (Å²) in [4.78, 5) is 21.0. The Morgan fingerprint density at radius 3 is 2.69 bits per heavy atom. The van der Waals surface area contributed by atoms with Crippen molar-refractivity contribution >= 4 is 67.6 Å². The quantitative estimate of drug-likeness (QED) is 0.613. The molecule has 0 aliphatic carbocycles. The van der Waals surface area contributed by atoms with Crippen LogP contribution in [0.2, 0.25) is 10.0 Å². The molecule has 136 valence electrons. The van der Waals surface area contributed by atoms with Gasteiger partial charge in [0, 0.05) is 13.2 Å². The van der Waals surface area contributed by atoms with Crippen molar-refractivity contribution in [2.24, 2.45) is 7.05 Å². The first-order valence-electron chi connectivity index (χ1n) is 7.35. The van der Waals surface area contributed by atoms with Crippen LogP contribution in [0.15, 0.2) is 17.0 Å². The monoisotopic (exact) mass is 457 g/mol. The van der Waals surface area contributed by atoms with Crippen LogP contribution in [-0.4, -0.2) is 27.6 Å². The topological polar surface area (TPSA) is 95.1 Å². The zero-order valence-corrected chi connectivity index (χ0v) is 17.1. The number of anilines is 2. The molecule has 0 bridgehead atoms. The van der Waals surface area contributed by atoms with E-state index in [9.17, 15) is 4.79 Å². The van der Waals surface area contributed by atoms with Gasteiger partial charge in [0.1, 0.15) is 22.4 Å². The Balaban J connectivity index is 2.10. The summed E-state index contributed by atoms with van der Waals surface area (Å²) in [5, 5.41) is 3.25. The number of aromatic nitrogens is 3. The largest absolute Gasteiger partial charge is 0.494 e. The molecular formula is C16H14BrCl2N5O2. The van der Waals surface area contributed by atoms with Crippen molar-refractivity contribution < 1.29 is 9.53 Å². The average Bonchev–Trinajstić information content (AvgIpc) is 2.95. The van der Waals surface area contributed by atoms with E-state index in [4.69, 9.17) is 33.7 Å². The van der Waals surface area contributed by atoms with E-state index in [-0.39, 0.29) is 16.5 Å². The Hall–Kier alpha value is -2.03. The van der Waals surface area contributed by atoms with Gasteiger partial charge in [-0.3, -0.25) is 4.79 Å². The Morgan fingerprint density at radius 2 is 2.04 bits per heavy atom. The lowest BCUT2D eigenvalue weighted by atomic mass is 10.2. The summed E-state index contributed by atoms with van der Waals surface area (Å²) in [6.07, 6.45) is 2.93. The molecule has 1 aromatic carbocycles. The fourth-order valence-electron chi connectivity index (χ4n) is 2.65. The predicted octanol–water partition coefficient (Wildman–Crippen LogP) is 4.19. The second-order valence-electron chi connectivity index (χ2n) is 5.54. The first-order valence-corrected chi connectivity index (χ1v) is 8.90. The van der Waals surface area contributed by atoms with Gasteiger partial charge in [0.05, 0.1) is 27.9 Å². The van der Waals surface area contributed by atoms with Crippen LogP contribution in [0.4, 0.5) is 11.5 Å². The summed E-state index contributed by atoms with van der Waals surface area (Å²) in [5.74, 6) is 0.239. The maximum atomic E-state index is 12.9. The van der Waals surface area contributed by atoms with Crippen molar-refractivity contribution in [2.75, 3.05) is 18.2 Å². The fourth-order valence-corrected chi connectivity index (χ4v) is 4.04. The standard InChI is InChI=1S/C16H14BrCl2N5O2/c1-6-8(17)14(26-3)10(19)12(9(6)18)23-16(25)7-4-24(2)13-11(7)21-5-22-15(13)20/h4-5H,1-3H3,(H,23,25)(H2,20,21,22). The van der Waals surface area contributed by atoms with Crippen LogP contribution in [0.3, 0.4) is 0 Å². The minimum absolute atomic E-state index is 0.192. The molecule has 0 atom stereocenters. The zero-order chi connectivity index (χ0) is 19.2. The molecule has 3 N–H and O–H groups in total. The molecule has 2 heterocycles. The van der Waals surface area contributed by atoms with E-state index >= 15 is 0 Å². The van der Waals surface area contributed by atoms with Gasteiger partial charge in [-0.05, 0) is 28.4 Å². The summed E-state index contributed by atoms with van der Waals surface area (Å²) in [7, 11) is 3.24. The van der Waals surface area contributed by atoms with E-state index in [1.807, 2.05) is 0 Å². The molecule has 26 heavy (non-hydrogen) atoms. The van der Waals surface area contributed by atoms with Crippen molar-refractivity contribution in [1.82, 2.24) is 14.5 Å². The second-order valence-corrected chi connectivity index (χ2v) is 7.09. The molecule has 0 fully saturated rings. The predicted molar refractivity (Wildman–Crippen MR) is 106 cm³/mol. The van der Waals surface area contributed by atoms with Crippen molar-refractivity contribution in [1.29, 1.82) is 0 Å². The third-order valence-corrected chi connectivity index (χ3v) is 5.75. The number of fused-ring (bicyclic) bond motifs is 1. The number of amides is 1. The van der Waals surface area contributed by atoms with E-state index in [2.05, 4.69) is 31.2 Å². The second kappa shape index (κ2) is 6.94. The third-order valence-electron chi connectivity index (χ3n) is 3.96. The fraction of sp³-hybridized carbons (Fsp3) is 0.188. The minimum atomic E-state index is -0.429. The normalized spacial score (nSPS) is 11.0. The highest BCUT2D eigenvalue weighted by Crippen LogP contribution is 2.46. The summed E-state index contributed by atoms with van der Waals surface area (Å²) in [6.45, 7) is 1.78. The number of nitrogen functional groups attached to an aromatic ring is 1. The van der Waals surface area contributed by atoms with E-state index in [0.717, 1.165) is 0 Å². The number of hydrogen-bond donors (Lipinski definition) is 2. The van der Waals surface area contributed by atoms with Gasteiger partial charge < -0.3 is 20.4 Å². The van der Waals surface area contributed by atoms with Crippen LogP contribution in [0.1, 0.15) is 15.9 Å². The number of methoxy groups -OCH3 is 1. The Kier molecular flexibility index (Phi) is 5.01. The first-order chi connectivity index (χ1) is 12.3. The lowest BCUT2D eigenvalue weighted by Gasteiger charge is -2.16. The van der Waals surface area contributed by atoms with Gasteiger partial charge in [-0.2, -0.15) is 0 Å². The van der Waals surface area contributed by atoms with Gasteiger partial charge in [0.2, 0.25) is 0 Å². The summed E-state index contributed by atoms with van der Waals surface area (Å²) < 4.78 is 7.61. The molecule has 0 aliphatic rings. The molecule has 3 aromatic rings. The molecule has 1 amide bonds. The maximum Gasteiger partial charge on any atom is 0.259 e. The van der Waals surface area contributed by atoms with Crippen LogP contribution in [-0.2, 0) is 7.05 Å². The van der Waals surface area contributed by atoms with E-state index < -0.39 is 5.91 Å².